The zero-order chi connectivity index (χ0) is 16.3. The van der Waals surface area contributed by atoms with Crippen molar-refractivity contribution in [2.45, 2.75) is 0 Å². The van der Waals surface area contributed by atoms with Gasteiger partial charge >= 0.3 is 11.9 Å². The van der Waals surface area contributed by atoms with Crippen molar-refractivity contribution < 1.29 is 29.5 Å². The van der Waals surface area contributed by atoms with Crippen LogP contribution in [0.5, 0.6) is 11.5 Å². The Hall–Kier alpha value is -3.42. The molecule has 0 atom stereocenters. The minimum Gasteiger partial charge on any atom is -0.478 e. The number of rotatable bonds is 5. The number of aromatic carboxylic acids is 2. The van der Waals surface area contributed by atoms with Gasteiger partial charge in [0.25, 0.3) is 5.69 Å². The molecule has 0 unspecified atom stereocenters. The first-order valence-corrected chi connectivity index (χ1v) is 5.91. The molecule has 2 N–H and O–H groups in total. The van der Waals surface area contributed by atoms with E-state index in [9.17, 15) is 19.7 Å². The second-order valence-electron chi connectivity index (χ2n) is 4.17. The molecule has 0 aliphatic rings. The highest BCUT2D eigenvalue weighted by molar-refractivity contribution is 6.02. The molecule has 112 valence electrons. The van der Waals surface area contributed by atoms with Crippen LogP contribution in [0.2, 0.25) is 0 Å². The number of nitro benzene ring substituents is 1. The zero-order valence-electron chi connectivity index (χ0n) is 10.9. The normalized spacial score (nSPS) is 10.0. The lowest BCUT2D eigenvalue weighted by atomic mass is 10.1. The number of hydrogen-bond acceptors (Lipinski definition) is 5. The van der Waals surface area contributed by atoms with Crippen LogP contribution in [0.4, 0.5) is 5.69 Å². The summed E-state index contributed by atoms with van der Waals surface area (Å²) in [6.07, 6.45) is 0. The van der Waals surface area contributed by atoms with Gasteiger partial charge < -0.3 is 14.9 Å². The summed E-state index contributed by atoms with van der Waals surface area (Å²) in [5.41, 5.74) is -0.879. The van der Waals surface area contributed by atoms with E-state index in [0.29, 0.717) is 0 Å². The van der Waals surface area contributed by atoms with Gasteiger partial charge in [-0.1, -0.05) is 0 Å². The van der Waals surface area contributed by atoms with E-state index in [-0.39, 0.29) is 22.7 Å². The molecule has 0 spiro atoms. The van der Waals surface area contributed by atoms with Crippen LogP contribution in [0, 0.1) is 10.1 Å². The monoisotopic (exact) mass is 303 g/mol. The largest absolute Gasteiger partial charge is 0.478 e. The molecular formula is C14H9NO7. The second-order valence-corrected chi connectivity index (χ2v) is 4.17. The maximum atomic E-state index is 11.1. The Morgan fingerprint density at radius 3 is 1.95 bits per heavy atom. The van der Waals surface area contributed by atoms with Crippen LogP contribution >= 0.6 is 0 Å². The van der Waals surface area contributed by atoms with Crippen molar-refractivity contribution >= 4 is 17.6 Å². The fourth-order valence-electron chi connectivity index (χ4n) is 1.72. The maximum Gasteiger partial charge on any atom is 0.336 e. The topological polar surface area (TPSA) is 127 Å². The first-order valence-electron chi connectivity index (χ1n) is 5.91. The van der Waals surface area contributed by atoms with Crippen LogP contribution in [0.3, 0.4) is 0 Å². The van der Waals surface area contributed by atoms with Gasteiger partial charge in [-0.25, -0.2) is 9.59 Å². The number of hydrogen-bond donors (Lipinski definition) is 2. The molecule has 22 heavy (non-hydrogen) atoms. The van der Waals surface area contributed by atoms with Crippen LogP contribution in [0.25, 0.3) is 0 Å². The first kappa shape index (κ1) is 15.0. The molecule has 0 aliphatic carbocycles. The highest BCUT2D eigenvalue weighted by Gasteiger charge is 2.17. The minimum atomic E-state index is -1.40. The molecule has 0 amide bonds. The van der Waals surface area contributed by atoms with E-state index in [1.807, 2.05) is 0 Å². The van der Waals surface area contributed by atoms with Crippen molar-refractivity contribution in [1.29, 1.82) is 0 Å². The van der Waals surface area contributed by atoms with Gasteiger partial charge in [-0.05, 0) is 30.3 Å². The van der Waals surface area contributed by atoms with Gasteiger partial charge in [-0.15, -0.1) is 0 Å². The number of nitro groups is 1. The number of benzene rings is 2. The van der Waals surface area contributed by atoms with Crippen LogP contribution in [0.15, 0.2) is 42.5 Å². The summed E-state index contributed by atoms with van der Waals surface area (Å²) in [4.78, 5) is 32.0. The number of carboxylic acid groups (broad SMARTS) is 2. The first-order chi connectivity index (χ1) is 10.4. The molecule has 2 aromatic rings. The zero-order valence-corrected chi connectivity index (χ0v) is 10.9. The average molecular weight is 303 g/mol. The molecule has 8 nitrogen and oxygen atoms in total. The second kappa shape index (κ2) is 5.92. The molecule has 2 aromatic carbocycles. The molecule has 0 aliphatic heterocycles. The van der Waals surface area contributed by atoms with E-state index in [2.05, 4.69) is 0 Å². The van der Waals surface area contributed by atoms with Gasteiger partial charge in [-0.2, -0.15) is 0 Å². The van der Waals surface area contributed by atoms with Crippen molar-refractivity contribution in [2.24, 2.45) is 0 Å². The predicted octanol–water partition coefficient (Wildman–Crippen LogP) is 2.78. The molecule has 0 heterocycles. The fourth-order valence-corrected chi connectivity index (χ4v) is 1.72. The van der Waals surface area contributed by atoms with E-state index >= 15 is 0 Å². The molecule has 8 heteroatoms. The smallest absolute Gasteiger partial charge is 0.336 e. The number of nitrogens with zero attached hydrogens (tertiary/aromatic N) is 1. The van der Waals surface area contributed by atoms with E-state index in [0.717, 1.165) is 12.1 Å². The molecule has 0 aromatic heterocycles. The fraction of sp³-hybridized carbons (Fsp3) is 0. The van der Waals surface area contributed by atoms with Gasteiger partial charge in [0, 0.05) is 12.1 Å². The quantitative estimate of drug-likeness (QED) is 0.642. The SMILES string of the molecule is O=C(O)c1ccc(Oc2ccc([N+](=O)[O-])cc2)cc1C(=O)O. The van der Waals surface area contributed by atoms with Crippen molar-refractivity contribution in [3.63, 3.8) is 0 Å². The van der Waals surface area contributed by atoms with Gasteiger partial charge in [0.05, 0.1) is 16.1 Å². The summed E-state index contributed by atoms with van der Waals surface area (Å²) >= 11 is 0. The summed E-state index contributed by atoms with van der Waals surface area (Å²) in [5, 5.41) is 28.5. The molecule has 0 saturated heterocycles. The highest BCUT2D eigenvalue weighted by atomic mass is 16.6. The predicted molar refractivity (Wildman–Crippen MR) is 73.5 cm³/mol. The van der Waals surface area contributed by atoms with Crippen molar-refractivity contribution in [2.75, 3.05) is 0 Å². The molecule has 0 radical (unpaired) electrons. The average Bonchev–Trinajstić information content (AvgIpc) is 2.47. The third-order valence-electron chi connectivity index (χ3n) is 2.74. The number of ether oxygens (including phenoxy) is 1. The summed E-state index contributed by atoms with van der Waals surface area (Å²) < 4.78 is 5.36. The molecule has 0 fully saturated rings. The highest BCUT2D eigenvalue weighted by Crippen LogP contribution is 2.26. The van der Waals surface area contributed by atoms with Crippen molar-refractivity contribution in [3.05, 3.63) is 63.7 Å². The van der Waals surface area contributed by atoms with Crippen LogP contribution in [-0.2, 0) is 0 Å². The lowest BCUT2D eigenvalue weighted by Gasteiger charge is -2.08. The van der Waals surface area contributed by atoms with E-state index in [1.54, 1.807) is 0 Å². The van der Waals surface area contributed by atoms with Gasteiger partial charge in [0.15, 0.2) is 0 Å². The van der Waals surface area contributed by atoms with E-state index in [1.165, 1.54) is 30.3 Å². The van der Waals surface area contributed by atoms with Crippen molar-refractivity contribution in [1.82, 2.24) is 0 Å². The van der Waals surface area contributed by atoms with Crippen LogP contribution < -0.4 is 4.74 Å². The standard InChI is InChI=1S/C14H9NO7/c16-13(17)11-6-5-10(7-12(11)14(18)19)22-9-3-1-8(2-4-9)15(20)21/h1-7H,(H,16,17)(H,18,19). The molecular weight excluding hydrogens is 294 g/mol. The van der Waals surface area contributed by atoms with E-state index < -0.39 is 22.4 Å². The summed E-state index contributed by atoms with van der Waals surface area (Å²) in [7, 11) is 0. The Morgan fingerprint density at radius 2 is 1.45 bits per heavy atom. The Labute approximate surface area is 123 Å². The Kier molecular flexibility index (Phi) is 4.03. The number of carboxylic acids is 2. The Balaban J connectivity index is 2.30. The Morgan fingerprint density at radius 1 is 0.909 bits per heavy atom. The van der Waals surface area contributed by atoms with Crippen molar-refractivity contribution in [3.8, 4) is 11.5 Å². The summed E-state index contributed by atoms with van der Waals surface area (Å²) in [6, 6.07) is 8.67. The van der Waals surface area contributed by atoms with Gasteiger partial charge in [0.2, 0.25) is 0 Å². The van der Waals surface area contributed by atoms with E-state index in [4.69, 9.17) is 14.9 Å². The molecule has 2 rings (SSSR count). The lowest BCUT2D eigenvalue weighted by molar-refractivity contribution is -0.384. The minimum absolute atomic E-state index is 0.108. The third-order valence-corrected chi connectivity index (χ3v) is 2.74. The number of non-ortho nitro benzene ring substituents is 1. The van der Waals surface area contributed by atoms with Gasteiger partial charge in [0.1, 0.15) is 11.5 Å². The lowest BCUT2D eigenvalue weighted by Crippen LogP contribution is -2.07. The summed E-state index contributed by atoms with van der Waals surface area (Å²) in [6.45, 7) is 0. The van der Waals surface area contributed by atoms with Crippen LogP contribution in [-0.4, -0.2) is 27.1 Å². The molecule has 0 saturated carbocycles. The molecule has 0 bridgehead atoms. The number of carbonyl (C=O) groups is 2. The Bertz CT molecular complexity index is 752. The van der Waals surface area contributed by atoms with Crippen LogP contribution in [0.1, 0.15) is 20.7 Å². The third kappa shape index (κ3) is 3.18. The summed E-state index contributed by atoms with van der Waals surface area (Å²) in [5.74, 6) is -2.40. The van der Waals surface area contributed by atoms with Gasteiger partial charge in [-0.3, -0.25) is 10.1 Å². The maximum absolute atomic E-state index is 11.1.